The first-order chi connectivity index (χ1) is 10.2. The van der Waals surface area contributed by atoms with E-state index in [0.717, 1.165) is 20.1 Å². The van der Waals surface area contributed by atoms with Crippen LogP contribution >= 0.6 is 23.1 Å². The molecule has 6 heteroatoms. The lowest BCUT2D eigenvalue weighted by Gasteiger charge is -2.10. The van der Waals surface area contributed by atoms with Gasteiger partial charge < -0.3 is 0 Å². The van der Waals surface area contributed by atoms with Gasteiger partial charge in [-0.05, 0) is 17.7 Å². The molecule has 21 heavy (non-hydrogen) atoms. The Morgan fingerprint density at radius 3 is 2.57 bits per heavy atom. The van der Waals surface area contributed by atoms with Gasteiger partial charge in [0.25, 0.3) is 0 Å². The number of nitrogens with zero attached hydrogens (tertiary/aromatic N) is 2. The zero-order chi connectivity index (χ0) is 14.7. The van der Waals surface area contributed by atoms with Gasteiger partial charge in [-0.3, -0.25) is 10.1 Å². The minimum atomic E-state index is -0.266. The molecule has 0 aliphatic heterocycles. The SMILES string of the molecule is O=[N+]([O-])C[C@@H](Sc1nc2ccccc2s1)c1ccccc1. The maximum absolute atomic E-state index is 10.9. The summed E-state index contributed by atoms with van der Waals surface area (Å²) < 4.78 is 1.97. The lowest BCUT2D eigenvalue weighted by Crippen LogP contribution is -2.09. The summed E-state index contributed by atoms with van der Waals surface area (Å²) in [6.45, 7) is -0.107. The third-order valence-corrected chi connectivity index (χ3v) is 5.37. The van der Waals surface area contributed by atoms with Crippen molar-refractivity contribution >= 4 is 33.3 Å². The Bertz CT molecular complexity index is 725. The quantitative estimate of drug-likeness (QED) is 0.397. The molecule has 0 aliphatic rings. The number of thiazole rings is 1. The van der Waals surface area contributed by atoms with E-state index < -0.39 is 0 Å². The van der Waals surface area contributed by atoms with Crippen LogP contribution in [0.3, 0.4) is 0 Å². The molecule has 3 aromatic rings. The summed E-state index contributed by atoms with van der Waals surface area (Å²) in [6, 6.07) is 17.5. The van der Waals surface area contributed by atoms with Gasteiger partial charge >= 0.3 is 0 Å². The van der Waals surface area contributed by atoms with Gasteiger partial charge in [-0.25, -0.2) is 4.98 Å². The third-order valence-electron chi connectivity index (χ3n) is 3.00. The molecule has 0 spiro atoms. The van der Waals surface area contributed by atoms with E-state index >= 15 is 0 Å². The average Bonchev–Trinajstić information content (AvgIpc) is 2.89. The predicted molar refractivity (Wildman–Crippen MR) is 86.5 cm³/mol. The van der Waals surface area contributed by atoms with Crippen LogP contribution in [0, 0.1) is 10.1 Å². The largest absolute Gasteiger partial charge is 0.264 e. The number of para-hydroxylation sites is 1. The molecule has 0 fully saturated rings. The Hall–Kier alpha value is -1.92. The zero-order valence-corrected chi connectivity index (χ0v) is 12.6. The molecule has 0 unspecified atom stereocenters. The summed E-state index contributed by atoms with van der Waals surface area (Å²) in [7, 11) is 0. The number of nitro groups is 1. The van der Waals surface area contributed by atoms with E-state index in [1.165, 1.54) is 11.8 Å². The van der Waals surface area contributed by atoms with Gasteiger partial charge in [0, 0.05) is 4.92 Å². The van der Waals surface area contributed by atoms with Crippen LogP contribution in [0.2, 0.25) is 0 Å². The molecule has 0 bridgehead atoms. The Morgan fingerprint density at radius 2 is 1.86 bits per heavy atom. The fraction of sp³-hybridized carbons (Fsp3) is 0.133. The average molecular weight is 316 g/mol. The fourth-order valence-electron chi connectivity index (χ4n) is 2.04. The number of hydrogen-bond donors (Lipinski definition) is 0. The summed E-state index contributed by atoms with van der Waals surface area (Å²) in [5, 5.41) is 10.7. The molecule has 0 saturated heterocycles. The Kier molecular flexibility index (Phi) is 4.17. The van der Waals surface area contributed by atoms with Gasteiger partial charge in [-0.15, -0.1) is 11.3 Å². The van der Waals surface area contributed by atoms with Crippen LogP contribution in [0.25, 0.3) is 10.2 Å². The van der Waals surface area contributed by atoms with Crippen molar-refractivity contribution in [2.75, 3.05) is 6.54 Å². The summed E-state index contributed by atoms with van der Waals surface area (Å²) in [5.41, 5.74) is 1.90. The van der Waals surface area contributed by atoms with Gasteiger partial charge in [0.05, 0.1) is 10.2 Å². The van der Waals surface area contributed by atoms with E-state index in [2.05, 4.69) is 4.98 Å². The highest BCUT2D eigenvalue weighted by atomic mass is 32.2. The van der Waals surface area contributed by atoms with Crippen LogP contribution in [0.1, 0.15) is 10.8 Å². The predicted octanol–water partition coefficient (Wildman–Crippen LogP) is 4.41. The van der Waals surface area contributed by atoms with Crippen LogP contribution in [0.15, 0.2) is 58.9 Å². The molecule has 0 saturated carbocycles. The van der Waals surface area contributed by atoms with E-state index in [0.29, 0.717) is 0 Å². The lowest BCUT2D eigenvalue weighted by molar-refractivity contribution is -0.479. The van der Waals surface area contributed by atoms with Gasteiger partial charge in [0.1, 0.15) is 5.25 Å². The van der Waals surface area contributed by atoms with Crippen LogP contribution in [-0.4, -0.2) is 16.5 Å². The molecular formula is C15H12N2O2S2. The zero-order valence-electron chi connectivity index (χ0n) is 11.0. The van der Waals surface area contributed by atoms with E-state index in [9.17, 15) is 10.1 Å². The van der Waals surface area contributed by atoms with Crippen molar-refractivity contribution in [2.24, 2.45) is 0 Å². The van der Waals surface area contributed by atoms with Crippen molar-refractivity contribution in [3.05, 3.63) is 70.3 Å². The van der Waals surface area contributed by atoms with Gasteiger partial charge in [0.15, 0.2) is 4.34 Å². The molecule has 3 rings (SSSR count). The van der Waals surface area contributed by atoms with Crippen molar-refractivity contribution in [1.82, 2.24) is 4.98 Å². The highest BCUT2D eigenvalue weighted by Crippen LogP contribution is 2.39. The van der Waals surface area contributed by atoms with E-state index in [1.807, 2.05) is 54.6 Å². The summed E-state index contributed by atoms with van der Waals surface area (Å²) in [6.07, 6.45) is 0. The minimum absolute atomic E-state index is 0.107. The van der Waals surface area contributed by atoms with Gasteiger partial charge in [-0.1, -0.05) is 54.2 Å². The summed E-state index contributed by atoms with van der Waals surface area (Å²) in [4.78, 5) is 15.2. The molecule has 4 nitrogen and oxygen atoms in total. The maximum atomic E-state index is 10.9. The molecule has 1 aromatic heterocycles. The summed E-state index contributed by atoms with van der Waals surface area (Å²) >= 11 is 3.04. The molecule has 0 aliphatic carbocycles. The second kappa shape index (κ2) is 6.24. The van der Waals surface area contributed by atoms with Gasteiger partial charge in [0.2, 0.25) is 6.54 Å². The molecule has 0 amide bonds. The second-order valence-electron chi connectivity index (χ2n) is 4.48. The topological polar surface area (TPSA) is 56.0 Å². The number of thioether (sulfide) groups is 1. The number of rotatable bonds is 5. The molecule has 1 heterocycles. The molecule has 0 N–H and O–H groups in total. The number of fused-ring (bicyclic) bond motifs is 1. The van der Waals surface area contributed by atoms with E-state index in [4.69, 9.17) is 0 Å². The Balaban J connectivity index is 1.88. The minimum Gasteiger partial charge on any atom is -0.264 e. The third kappa shape index (κ3) is 3.40. The van der Waals surface area contributed by atoms with Crippen molar-refractivity contribution in [3.63, 3.8) is 0 Å². The number of benzene rings is 2. The highest BCUT2D eigenvalue weighted by molar-refractivity contribution is 8.01. The molecule has 106 valence electrons. The van der Waals surface area contributed by atoms with Crippen molar-refractivity contribution in [2.45, 2.75) is 9.59 Å². The first-order valence-electron chi connectivity index (χ1n) is 6.41. The second-order valence-corrected chi connectivity index (χ2v) is 6.96. The van der Waals surface area contributed by atoms with Gasteiger partial charge in [-0.2, -0.15) is 0 Å². The first kappa shape index (κ1) is 14.0. The normalized spacial score (nSPS) is 12.4. The van der Waals surface area contributed by atoms with E-state index in [-0.39, 0.29) is 16.7 Å². The smallest absolute Gasteiger partial charge is 0.220 e. The van der Waals surface area contributed by atoms with E-state index in [1.54, 1.807) is 11.3 Å². The van der Waals surface area contributed by atoms with Crippen molar-refractivity contribution < 1.29 is 4.92 Å². The van der Waals surface area contributed by atoms with Crippen LogP contribution in [0.5, 0.6) is 0 Å². The molecule has 2 aromatic carbocycles. The molecular weight excluding hydrogens is 304 g/mol. The van der Waals surface area contributed by atoms with Crippen molar-refractivity contribution in [3.8, 4) is 0 Å². The summed E-state index contributed by atoms with van der Waals surface area (Å²) in [5.74, 6) is 0. The molecule has 1 atom stereocenters. The number of aromatic nitrogens is 1. The lowest BCUT2D eigenvalue weighted by atomic mass is 10.1. The highest BCUT2D eigenvalue weighted by Gasteiger charge is 2.21. The monoisotopic (exact) mass is 316 g/mol. The Labute approximate surface area is 130 Å². The Morgan fingerprint density at radius 1 is 1.14 bits per heavy atom. The maximum Gasteiger partial charge on any atom is 0.220 e. The molecule has 0 radical (unpaired) electrons. The number of hydrogen-bond acceptors (Lipinski definition) is 5. The van der Waals surface area contributed by atoms with Crippen molar-refractivity contribution in [1.29, 1.82) is 0 Å². The first-order valence-corrected chi connectivity index (χ1v) is 8.11. The van der Waals surface area contributed by atoms with Crippen LogP contribution in [-0.2, 0) is 0 Å². The standard InChI is InChI=1S/C15H12N2O2S2/c18-17(19)10-14(11-6-2-1-3-7-11)21-15-16-12-8-4-5-9-13(12)20-15/h1-9,14H,10H2/t14-/m1/s1. The van der Waals surface area contributed by atoms with Crippen LogP contribution in [0.4, 0.5) is 0 Å². The van der Waals surface area contributed by atoms with Crippen LogP contribution < -0.4 is 0 Å². The fourth-order valence-corrected chi connectivity index (χ4v) is 4.43.